The number of esters is 1. The number of fused-ring (bicyclic) bond motifs is 1. The van der Waals surface area contributed by atoms with Gasteiger partial charge in [-0.15, -0.1) is 0 Å². The topological polar surface area (TPSA) is 132 Å². The lowest BCUT2D eigenvalue weighted by molar-refractivity contribution is -0.142. The molecular weight excluding hydrogens is 498 g/mol. The van der Waals surface area contributed by atoms with Gasteiger partial charge in [-0.25, -0.2) is 14.8 Å². The number of benzene rings is 1. The number of nitriles is 1. The molecule has 2 atom stereocenters. The number of rotatable bonds is 7. The Balaban J connectivity index is 1.23. The number of carbonyl (C=O) groups excluding carboxylic acids is 3. The van der Waals surface area contributed by atoms with Gasteiger partial charge < -0.3 is 19.9 Å². The van der Waals surface area contributed by atoms with E-state index in [0.29, 0.717) is 44.0 Å². The average Bonchev–Trinajstić information content (AvgIpc) is 3.17. The number of ether oxygens (including phenoxy) is 1. The molecule has 2 saturated heterocycles. The van der Waals surface area contributed by atoms with E-state index in [2.05, 4.69) is 34.0 Å². The number of carbonyl (C=O) groups is 3. The lowest BCUT2D eigenvalue weighted by Crippen LogP contribution is -2.55. The number of amides is 3. The van der Waals surface area contributed by atoms with Crippen molar-refractivity contribution in [3.8, 4) is 11.8 Å². The Bertz CT molecular complexity index is 1330. The first-order valence-corrected chi connectivity index (χ1v) is 13.5. The molecular formula is C28H33N7O4. The van der Waals surface area contributed by atoms with Crippen LogP contribution in [0.5, 0.6) is 5.75 Å². The van der Waals surface area contributed by atoms with E-state index in [4.69, 9.17) is 10.00 Å². The van der Waals surface area contributed by atoms with Crippen molar-refractivity contribution in [3.63, 3.8) is 0 Å². The van der Waals surface area contributed by atoms with Gasteiger partial charge in [0, 0.05) is 50.7 Å². The van der Waals surface area contributed by atoms with Gasteiger partial charge in [-0.05, 0) is 56.7 Å². The molecule has 1 spiro atoms. The molecule has 0 radical (unpaired) electrons. The van der Waals surface area contributed by atoms with E-state index in [9.17, 15) is 14.4 Å². The van der Waals surface area contributed by atoms with Crippen molar-refractivity contribution in [3.05, 3.63) is 41.7 Å². The van der Waals surface area contributed by atoms with E-state index in [0.717, 1.165) is 24.3 Å². The number of nitrogens with zero attached hydrogens (tertiary/aromatic N) is 6. The van der Waals surface area contributed by atoms with E-state index >= 15 is 0 Å². The first-order valence-electron chi connectivity index (χ1n) is 13.5. The van der Waals surface area contributed by atoms with Gasteiger partial charge in [0.2, 0.25) is 5.95 Å². The predicted octanol–water partition coefficient (Wildman–Crippen LogP) is 2.81. The Hall–Kier alpha value is -4.20. The number of hydrogen-bond acceptors (Lipinski definition) is 9. The summed E-state index contributed by atoms with van der Waals surface area (Å²) >= 11 is 0. The molecule has 1 aromatic carbocycles. The molecule has 3 aliphatic rings. The third kappa shape index (κ3) is 4.75. The molecule has 2 aromatic rings. The maximum atomic E-state index is 13.5. The SMILES string of the molecule is CCN(CC)c1ccc2c(c1)OC(=O)C(CCN1C(=O)NC3(CCN(c4nccc(C#N)n4)CC3)C1=O)C2C. The number of urea groups is 1. The van der Waals surface area contributed by atoms with Gasteiger partial charge in [-0.1, -0.05) is 13.0 Å². The fourth-order valence-electron chi connectivity index (χ4n) is 5.88. The molecule has 1 N–H and O–H groups in total. The lowest BCUT2D eigenvalue weighted by atomic mass is 9.82. The first kappa shape index (κ1) is 26.4. The van der Waals surface area contributed by atoms with Gasteiger partial charge in [0.05, 0.1) is 5.92 Å². The highest BCUT2D eigenvalue weighted by Gasteiger charge is 2.52. The van der Waals surface area contributed by atoms with Crippen LogP contribution in [-0.2, 0) is 9.59 Å². The van der Waals surface area contributed by atoms with E-state index in [1.165, 1.54) is 11.1 Å². The largest absolute Gasteiger partial charge is 0.426 e. The smallest absolute Gasteiger partial charge is 0.325 e. The zero-order valence-electron chi connectivity index (χ0n) is 22.5. The minimum atomic E-state index is -0.980. The van der Waals surface area contributed by atoms with Crippen LogP contribution in [0.1, 0.15) is 57.2 Å². The summed E-state index contributed by atoms with van der Waals surface area (Å²) in [4.78, 5) is 53.2. The highest BCUT2D eigenvalue weighted by molar-refractivity contribution is 6.07. The van der Waals surface area contributed by atoms with E-state index in [1.54, 1.807) is 6.07 Å². The van der Waals surface area contributed by atoms with Crippen LogP contribution >= 0.6 is 0 Å². The summed E-state index contributed by atoms with van der Waals surface area (Å²) in [6, 6.07) is 9.10. The normalized spacial score (nSPS) is 21.8. The second-order valence-corrected chi connectivity index (χ2v) is 10.3. The maximum absolute atomic E-state index is 13.5. The van der Waals surface area contributed by atoms with Gasteiger partial charge in [0.15, 0.2) is 0 Å². The van der Waals surface area contributed by atoms with Crippen molar-refractivity contribution in [2.24, 2.45) is 5.92 Å². The third-order valence-corrected chi connectivity index (χ3v) is 8.30. The van der Waals surface area contributed by atoms with Gasteiger partial charge in [0.1, 0.15) is 23.1 Å². The molecule has 1 aromatic heterocycles. The molecule has 0 bridgehead atoms. The Morgan fingerprint density at radius 2 is 1.92 bits per heavy atom. The fourth-order valence-corrected chi connectivity index (χ4v) is 5.88. The number of nitrogens with one attached hydrogen (secondary N) is 1. The molecule has 11 nitrogen and oxygen atoms in total. The highest BCUT2D eigenvalue weighted by atomic mass is 16.5. The van der Waals surface area contributed by atoms with Gasteiger partial charge in [-0.2, -0.15) is 5.26 Å². The molecule has 39 heavy (non-hydrogen) atoms. The number of anilines is 2. The van der Waals surface area contributed by atoms with Crippen molar-refractivity contribution in [2.75, 3.05) is 42.5 Å². The first-order chi connectivity index (χ1) is 18.8. The molecule has 0 aliphatic carbocycles. The van der Waals surface area contributed by atoms with Crippen LogP contribution in [0.25, 0.3) is 0 Å². The van der Waals surface area contributed by atoms with Crippen molar-refractivity contribution in [2.45, 2.75) is 51.5 Å². The minimum Gasteiger partial charge on any atom is -0.426 e. The van der Waals surface area contributed by atoms with Crippen LogP contribution < -0.4 is 19.9 Å². The summed E-state index contributed by atoms with van der Waals surface area (Å²) < 4.78 is 5.74. The summed E-state index contributed by atoms with van der Waals surface area (Å²) in [6.07, 6.45) is 2.67. The summed E-state index contributed by atoms with van der Waals surface area (Å²) in [5.41, 5.74) is 1.27. The molecule has 2 fully saturated rings. The maximum Gasteiger partial charge on any atom is 0.325 e. The number of piperidine rings is 1. The third-order valence-electron chi connectivity index (χ3n) is 8.30. The molecule has 0 saturated carbocycles. The summed E-state index contributed by atoms with van der Waals surface area (Å²) in [6.45, 7) is 8.94. The zero-order valence-corrected chi connectivity index (χ0v) is 22.5. The molecule has 4 heterocycles. The second-order valence-electron chi connectivity index (χ2n) is 10.3. The van der Waals surface area contributed by atoms with Crippen LogP contribution in [0.3, 0.4) is 0 Å². The Kier molecular flexibility index (Phi) is 7.12. The Morgan fingerprint density at radius 1 is 1.18 bits per heavy atom. The second kappa shape index (κ2) is 10.5. The lowest BCUT2D eigenvalue weighted by Gasteiger charge is -2.37. The Morgan fingerprint density at radius 3 is 2.62 bits per heavy atom. The molecule has 2 unspecified atom stereocenters. The van der Waals surface area contributed by atoms with E-state index in [-0.39, 0.29) is 30.0 Å². The van der Waals surface area contributed by atoms with Crippen molar-refractivity contribution in [1.29, 1.82) is 5.26 Å². The van der Waals surface area contributed by atoms with Crippen LogP contribution in [-0.4, -0.2) is 71.0 Å². The van der Waals surface area contributed by atoms with Gasteiger partial charge >= 0.3 is 12.0 Å². The van der Waals surface area contributed by atoms with Crippen molar-refractivity contribution >= 4 is 29.5 Å². The zero-order chi connectivity index (χ0) is 27.7. The van der Waals surface area contributed by atoms with Gasteiger partial charge in [-0.3, -0.25) is 14.5 Å². The van der Waals surface area contributed by atoms with Crippen LogP contribution in [0.2, 0.25) is 0 Å². The summed E-state index contributed by atoms with van der Waals surface area (Å²) in [7, 11) is 0. The minimum absolute atomic E-state index is 0.103. The van der Waals surface area contributed by atoms with Crippen LogP contribution in [0.15, 0.2) is 30.5 Å². The van der Waals surface area contributed by atoms with Crippen molar-refractivity contribution in [1.82, 2.24) is 20.2 Å². The number of aromatic nitrogens is 2. The van der Waals surface area contributed by atoms with Crippen molar-refractivity contribution < 1.29 is 19.1 Å². The molecule has 3 aliphatic heterocycles. The molecule has 3 amide bonds. The Labute approximate surface area is 227 Å². The molecule has 11 heteroatoms. The highest BCUT2D eigenvalue weighted by Crippen LogP contribution is 2.41. The monoisotopic (exact) mass is 531 g/mol. The average molecular weight is 532 g/mol. The molecule has 5 rings (SSSR count). The molecule has 204 valence electrons. The fraction of sp³-hybridized carbons (Fsp3) is 0.500. The van der Waals surface area contributed by atoms with Crippen LogP contribution in [0.4, 0.5) is 16.4 Å². The number of imide groups is 1. The van der Waals surface area contributed by atoms with E-state index in [1.807, 2.05) is 36.1 Å². The van der Waals surface area contributed by atoms with E-state index < -0.39 is 17.5 Å². The van der Waals surface area contributed by atoms with Crippen LogP contribution in [0, 0.1) is 17.2 Å². The predicted molar refractivity (Wildman–Crippen MR) is 143 cm³/mol. The number of hydrogen-bond donors (Lipinski definition) is 1. The summed E-state index contributed by atoms with van der Waals surface area (Å²) in [5.74, 6) is -0.138. The van der Waals surface area contributed by atoms with Gasteiger partial charge in [0.25, 0.3) is 5.91 Å². The quantitative estimate of drug-likeness (QED) is 0.325. The standard InChI is InChI=1S/C28H33N7O4/c1-4-33(5-2)20-6-7-21-18(3)22(24(36)39-23(21)16-20)9-13-35-25(37)28(32-27(35)38)10-14-34(15-11-28)26-30-12-8-19(17-29)31-26/h6-8,12,16,18,22H,4-5,9-11,13-15H2,1-3H3,(H,32,38). The summed E-state index contributed by atoms with van der Waals surface area (Å²) in [5, 5.41) is 12.0.